The maximum atomic E-state index is 12.2. The van der Waals surface area contributed by atoms with Crippen LogP contribution in [0, 0.1) is 3.57 Å². The van der Waals surface area contributed by atoms with Crippen molar-refractivity contribution < 1.29 is 19.0 Å². The molecule has 0 atom stereocenters. The number of carbonyl (C=O) groups excluding carboxylic acids is 1. The van der Waals surface area contributed by atoms with Gasteiger partial charge < -0.3 is 14.2 Å². The number of nitrogens with zero attached hydrogens (tertiary/aromatic N) is 1. The van der Waals surface area contributed by atoms with Crippen LogP contribution in [0.2, 0.25) is 0 Å². The molecule has 3 rings (SSSR count). The van der Waals surface area contributed by atoms with Crippen LogP contribution < -0.4 is 9.47 Å². The number of cyclic esters (lactones) is 1. The van der Waals surface area contributed by atoms with Crippen molar-refractivity contribution in [3.8, 4) is 11.5 Å². The number of hydrogen-bond donors (Lipinski definition) is 0. The summed E-state index contributed by atoms with van der Waals surface area (Å²) in [7, 11) is 1.57. The minimum Gasteiger partial charge on any atom is -0.493 e. The number of halogens is 2. The zero-order valence-electron chi connectivity index (χ0n) is 14.1. The molecule has 1 aliphatic heterocycles. The lowest BCUT2D eigenvalue weighted by Crippen LogP contribution is -2.05. The summed E-state index contributed by atoms with van der Waals surface area (Å²) in [5.74, 6) is 1.05. The average Bonchev–Trinajstić information content (AvgIpc) is 2.99. The minimum atomic E-state index is -0.484. The van der Waals surface area contributed by atoms with Crippen LogP contribution in [0.1, 0.15) is 18.1 Å². The number of esters is 1. The molecule has 0 N–H and O–H groups in total. The number of hydrogen-bond acceptors (Lipinski definition) is 5. The number of carbonyl (C=O) groups is 1. The van der Waals surface area contributed by atoms with Crippen molar-refractivity contribution in [3.05, 3.63) is 61.3 Å². The molecular formula is C19H15BrINO4. The summed E-state index contributed by atoms with van der Waals surface area (Å²) in [4.78, 5) is 16.5. The van der Waals surface area contributed by atoms with E-state index in [-0.39, 0.29) is 11.6 Å². The first-order valence-corrected chi connectivity index (χ1v) is 9.67. The molecule has 0 radical (unpaired) electrons. The smallest absolute Gasteiger partial charge is 0.363 e. The number of rotatable bonds is 5. The largest absolute Gasteiger partial charge is 0.493 e. The molecule has 26 heavy (non-hydrogen) atoms. The van der Waals surface area contributed by atoms with Crippen LogP contribution in [0.5, 0.6) is 11.5 Å². The second kappa shape index (κ2) is 8.22. The van der Waals surface area contributed by atoms with Gasteiger partial charge in [0, 0.05) is 13.6 Å². The van der Waals surface area contributed by atoms with Crippen LogP contribution in [0.25, 0.3) is 6.08 Å². The lowest BCUT2D eigenvalue weighted by atomic mass is 10.1. The molecule has 1 heterocycles. The molecular weight excluding hydrogens is 513 g/mol. The van der Waals surface area contributed by atoms with Crippen molar-refractivity contribution in [2.45, 2.75) is 6.92 Å². The van der Waals surface area contributed by atoms with E-state index in [9.17, 15) is 4.79 Å². The Bertz CT molecular complexity index is 924. The molecule has 1 aliphatic rings. The third-order valence-electron chi connectivity index (χ3n) is 3.58. The molecule has 7 heteroatoms. The van der Waals surface area contributed by atoms with E-state index in [4.69, 9.17) is 14.2 Å². The van der Waals surface area contributed by atoms with Gasteiger partial charge in [0.1, 0.15) is 0 Å². The summed E-state index contributed by atoms with van der Waals surface area (Å²) >= 11 is 5.68. The molecule has 0 bridgehead atoms. The summed E-state index contributed by atoms with van der Waals surface area (Å²) < 4.78 is 18.1. The highest BCUT2D eigenvalue weighted by molar-refractivity contribution is 14.1. The van der Waals surface area contributed by atoms with Gasteiger partial charge in [-0.1, -0.05) is 6.07 Å². The molecule has 2 aromatic carbocycles. The summed E-state index contributed by atoms with van der Waals surface area (Å²) in [5, 5.41) is 0. The summed E-state index contributed by atoms with van der Waals surface area (Å²) in [6.07, 6.45) is 1.66. The Hall–Kier alpha value is -1.87. The monoisotopic (exact) mass is 527 g/mol. The predicted octanol–water partition coefficient (Wildman–Crippen LogP) is 4.81. The Morgan fingerprint density at radius 3 is 2.73 bits per heavy atom. The second-order valence-corrected chi connectivity index (χ2v) is 7.32. The third kappa shape index (κ3) is 4.09. The summed E-state index contributed by atoms with van der Waals surface area (Å²) in [6, 6.07) is 11.1. The highest BCUT2D eigenvalue weighted by Gasteiger charge is 2.24. The van der Waals surface area contributed by atoms with E-state index in [0.717, 1.165) is 19.2 Å². The van der Waals surface area contributed by atoms with E-state index in [1.165, 1.54) is 0 Å². The van der Waals surface area contributed by atoms with Gasteiger partial charge >= 0.3 is 5.97 Å². The molecule has 134 valence electrons. The Morgan fingerprint density at radius 2 is 2.04 bits per heavy atom. The fraction of sp³-hybridized carbons (Fsp3) is 0.158. The van der Waals surface area contributed by atoms with E-state index >= 15 is 0 Å². The first-order valence-electron chi connectivity index (χ1n) is 7.80. The molecule has 0 unspecified atom stereocenters. The van der Waals surface area contributed by atoms with Crippen molar-refractivity contribution in [2.24, 2.45) is 4.99 Å². The molecule has 0 saturated heterocycles. The zero-order valence-corrected chi connectivity index (χ0v) is 17.8. The van der Waals surface area contributed by atoms with Crippen molar-refractivity contribution >= 4 is 56.5 Å². The van der Waals surface area contributed by atoms with Gasteiger partial charge in [-0.3, -0.25) is 0 Å². The molecule has 0 spiro atoms. The first kappa shape index (κ1) is 18.9. The van der Waals surface area contributed by atoms with E-state index in [1.54, 1.807) is 25.3 Å². The highest BCUT2D eigenvalue weighted by atomic mass is 127. The van der Waals surface area contributed by atoms with Crippen molar-refractivity contribution in [2.75, 3.05) is 13.7 Å². The van der Waals surface area contributed by atoms with E-state index in [1.807, 2.05) is 31.2 Å². The van der Waals surface area contributed by atoms with Crippen LogP contribution in [0.4, 0.5) is 0 Å². The lowest BCUT2D eigenvalue weighted by Gasteiger charge is -2.09. The topological polar surface area (TPSA) is 57.1 Å². The fourth-order valence-electron chi connectivity index (χ4n) is 2.37. The maximum Gasteiger partial charge on any atom is 0.363 e. The van der Waals surface area contributed by atoms with Crippen molar-refractivity contribution in [3.63, 3.8) is 0 Å². The van der Waals surface area contributed by atoms with Gasteiger partial charge in [-0.05, 0) is 87.4 Å². The number of benzene rings is 2. The number of ether oxygens (including phenoxy) is 3. The quantitative estimate of drug-likeness (QED) is 0.318. The standard InChI is InChI=1S/C19H15BrINO4/c1-3-25-16-7-4-11(9-17(16)24-2)8-15-19(23)26-18(22-15)12-5-6-14(21)13(20)10-12/h4-10H,3H2,1-2H3/b15-8-. The van der Waals surface area contributed by atoms with Crippen molar-refractivity contribution in [1.29, 1.82) is 0 Å². The predicted molar refractivity (Wildman–Crippen MR) is 112 cm³/mol. The van der Waals surface area contributed by atoms with Gasteiger partial charge in [0.15, 0.2) is 17.2 Å². The second-order valence-electron chi connectivity index (χ2n) is 5.31. The first-order chi connectivity index (χ1) is 12.5. The molecule has 0 amide bonds. The van der Waals surface area contributed by atoms with Gasteiger partial charge in [0.05, 0.1) is 13.7 Å². The minimum absolute atomic E-state index is 0.237. The van der Waals surface area contributed by atoms with Gasteiger partial charge in [-0.2, -0.15) is 0 Å². The Kier molecular flexibility index (Phi) is 5.98. The molecule has 5 nitrogen and oxygen atoms in total. The van der Waals surface area contributed by atoms with Gasteiger partial charge in [0.2, 0.25) is 5.90 Å². The molecule has 0 aromatic heterocycles. The zero-order chi connectivity index (χ0) is 18.7. The van der Waals surface area contributed by atoms with Crippen LogP contribution in [0.15, 0.2) is 51.6 Å². The van der Waals surface area contributed by atoms with Gasteiger partial charge in [-0.25, -0.2) is 9.79 Å². The molecule has 2 aromatic rings. The molecule has 0 fully saturated rings. The fourth-order valence-corrected chi connectivity index (χ4v) is 3.08. The van der Waals surface area contributed by atoms with Crippen LogP contribution in [0.3, 0.4) is 0 Å². The SMILES string of the molecule is CCOc1ccc(/C=C2\N=C(c3ccc(I)c(Br)c3)OC2=O)cc1OC. The summed E-state index contributed by atoms with van der Waals surface area (Å²) in [6.45, 7) is 2.45. The van der Waals surface area contributed by atoms with Crippen LogP contribution >= 0.6 is 38.5 Å². The van der Waals surface area contributed by atoms with Crippen LogP contribution in [-0.4, -0.2) is 25.6 Å². The molecule has 0 saturated carbocycles. The normalized spacial score (nSPS) is 15.0. The maximum absolute atomic E-state index is 12.2. The Balaban J connectivity index is 1.92. The van der Waals surface area contributed by atoms with Crippen LogP contribution in [-0.2, 0) is 9.53 Å². The Labute approximate surface area is 173 Å². The van der Waals surface area contributed by atoms with Gasteiger partial charge in [0.25, 0.3) is 0 Å². The molecule has 0 aliphatic carbocycles. The van der Waals surface area contributed by atoms with E-state index in [2.05, 4.69) is 43.5 Å². The van der Waals surface area contributed by atoms with E-state index in [0.29, 0.717) is 18.1 Å². The third-order valence-corrected chi connectivity index (χ3v) is 5.92. The van der Waals surface area contributed by atoms with Gasteiger partial charge in [-0.15, -0.1) is 0 Å². The number of aliphatic imine (C=N–C) groups is 1. The Morgan fingerprint density at radius 1 is 1.23 bits per heavy atom. The summed E-state index contributed by atoms with van der Waals surface area (Å²) in [5.41, 5.74) is 1.74. The highest BCUT2D eigenvalue weighted by Crippen LogP contribution is 2.30. The lowest BCUT2D eigenvalue weighted by molar-refractivity contribution is -0.129. The number of methoxy groups -OCH3 is 1. The van der Waals surface area contributed by atoms with Crippen molar-refractivity contribution in [1.82, 2.24) is 0 Å². The van der Waals surface area contributed by atoms with E-state index < -0.39 is 5.97 Å². The average molecular weight is 528 g/mol.